The number of benzene rings is 1. The van der Waals surface area contributed by atoms with Crippen LogP contribution in [-0.2, 0) is 10.3 Å². The van der Waals surface area contributed by atoms with Gasteiger partial charge < -0.3 is 9.47 Å². The Hall–Kier alpha value is -1.16. The second kappa shape index (κ2) is 2.92. The minimum atomic E-state index is -0.650. The Kier molecular flexibility index (Phi) is 1.96. The van der Waals surface area contributed by atoms with Crippen molar-refractivity contribution < 1.29 is 18.3 Å². The zero-order valence-electron chi connectivity index (χ0n) is 7.93. The molecular formula is C10H10F2O2. The number of hydrogen-bond donors (Lipinski definition) is 0. The van der Waals surface area contributed by atoms with Crippen LogP contribution in [0.2, 0.25) is 0 Å². The molecule has 0 saturated carbocycles. The highest BCUT2D eigenvalue weighted by atomic mass is 19.1. The Morgan fingerprint density at radius 3 is 2.57 bits per heavy atom. The number of ether oxygens (including phenoxy) is 2. The molecule has 4 heteroatoms. The summed E-state index contributed by atoms with van der Waals surface area (Å²) < 4.78 is 36.3. The summed E-state index contributed by atoms with van der Waals surface area (Å²) in [6.45, 7) is 2.18. The van der Waals surface area contributed by atoms with Crippen molar-refractivity contribution in [2.75, 3.05) is 13.7 Å². The zero-order valence-corrected chi connectivity index (χ0v) is 7.93. The topological polar surface area (TPSA) is 21.8 Å². The van der Waals surface area contributed by atoms with Crippen molar-refractivity contribution in [3.05, 3.63) is 29.3 Å². The highest BCUT2D eigenvalue weighted by Gasteiger charge is 2.45. The summed E-state index contributed by atoms with van der Waals surface area (Å²) in [5.74, 6) is -1.07. The first kappa shape index (κ1) is 9.40. The first-order valence-corrected chi connectivity index (χ1v) is 4.24. The minimum absolute atomic E-state index is 0.197. The molecule has 0 bridgehead atoms. The number of epoxide rings is 1. The summed E-state index contributed by atoms with van der Waals surface area (Å²) >= 11 is 0. The van der Waals surface area contributed by atoms with Gasteiger partial charge in [0, 0.05) is 12.1 Å². The first-order chi connectivity index (χ1) is 6.57. The Labute approximate surface area is 80.4 Å². The van der Waals surface area contributed by atoms with E-state index in [0.717, 1.165) is 12.1 Å². The van der Waals surface area contributed by atoms with Gasteiger partial charge in [-0.05, 0) is 6.92 Å². The Morgan fingerprint density at radius 1 is 1.43 bits per heavy atom. The molecular weight excluding hydrogens is 190 g/mol. The van der Waals surface area contributed by atoms with Crippen LogP contribution in [0.3, 0.4) is 0 Å². The summed E-state index contributed by atoms with van der Waals surface area (Å²) in [4.78, 5) is 0. The average molecular weight is 200 g/mol. The average Bonchev–Trinajstić information content (AvgIpc) is 2.82. The maximum Gasteiger partial charge on any atom is 0.136 e. The molecule has 0 N–H and O–H groups in total. The van der Waals surface area contributed by atoms with Crippen molar-refractivity contribution >= 4 is 0 Å². The largest absolute Gasteiger partial charge is 0.496 e. The van der Waals surface area contributed by atoms with E-state index in [9.17, 15) is 8.78 Å². The van der Waals surface area contributed by atoms with Gasteiger partial charge in [-0.3, -0.25) is 0 Å². The summed E-state index contributed by atoms with van der Waals surface area (Å²) in [5.41, 5.74) is -0.357. The van der Waals surface area contributed by atoms with Crippen molar-refractivity contribution in [1.82, 2.24) is 0 Å². The maximum absolute atomic E-state index is 13.4. The van der Waals surface area contributed by atoms with Crippen LogP contribution in [0.4, 0.5) is 8.78 Å². The molecule has 1 aliphatic heterocycles. The minimum Gasteiger partial charge on any atom is -0.496 e. The van der Waals surface area contributed by atoms with E-state index in [0.29, 0.717) is 12.2 Å². The third kappa shape index (κ3) is 1.35. The van der Waals surface area contributed by atoms with E-state index in [-0.39, 0.29) is 5.75 Å². The van der Waals surface area contributed by atoms with E-state index in [1.54, 1.807) is 6.92 Å². The second-order valence-corrected chi connectivity index (χ2v) is 3.48. The number of rotatable bonds is 2. The van der Waals surface area contributed by atoms with Crippen LogP contribution in [0, 0.1) is 11.6 Å². The standard InChI is InChI=1S/C10H10F2O2/c1-10(5-14-10)9-7(12)3-6(11)4-8(9)13-2/h3-4H,5H2,1-2H3. The van der Waals surface area contributed by atoms with Gasteiger partial charge in [0.05, 0.1) is 19.3 Å². The van der Waals surface area contributed by atoms with Gasteiger partial charge in [-0.25, -0.2) is 8.78 Å². The van der Waals surface area contributed by atoms with Gasteiger partial charge in [0.25, 0.3) is 0 Å². The van der Waals surface area contributed by atoms with Gasteiger partial charge in [-0.15, -0.1) is 0 Å². The first-order valence-electron chi connectivity index (χ1n) is 4.24. The number of hydrogen-bond acceptors (Lipinski definition) is 2. The molecule has 2 nitrogen and oxygen atoms in total. The molecule has 1 atom stereocenters. The van der Waals surface area contributed by atoms with Crippen LogP contribution >= 0.6 is 0 Å². The fourth-order valence-electron chi connectivity index (χ4n) is 1.48. The monoisotopic (exact) mass is 200 g/mol. The number of halogens is 2. The van der Waals surface area contributed by atoms with Crippen molar-refractivity contribution in [3.8, 4) is 5.75 Å². The molecule has 1 aromatic rings. The molecule has 0 radical (unpaired) electrons. The molecule has 1 aromatic carbocycles. The van der Waals surface area contributed by atoms with E-state index in [1.807, 2.05) is 0 Å². The lowest BCUT2D eigenvalue weighted by Gasteiger charge is -2.12. The van der Waals surface area contributed by atoms with Crippen LogP contribution in [0.15, 0.2) is 12.1 Å². The van der Waals surface area contributed by atoms with Crippen LogP contribution in [-0.4, -0.2) is 13.7 Å². The van der Waals surface area contributed by atoms with Crippen LogP contribution < -0.4 is 4.74 Å². The van der Waals surface area contributed by atoms with E-state index in [1.165, 1.54) is 7.11 Å². The Bertz CT molecular complexity index is 373. The number of methoxy groups -OCH3 is 1. The van der Waals surface area contributed by atoms with Crippen LogP contribution in [0.25, 0.3) is 0 Å². The molecule has 0 aromatic heterocycles. The molecule has 14 heavy (non-hydrogen) atoms. The molecule has 1 aliphatic rings. The lowest BCUT2D eigenvalue weighted by molar-refractivity contribution is 0.306. The molecule has 0 spiro atoms. The highest BCUT2D eigenvalue weighted by molar-refractivity contribution is 5.41. The van der Waals surface area contributed by atoms with Crippen molar-refractivity contribution in [2.24, 2.45) is 0 Å². The Morgan fingerprint density at radius 2 is 2.07 bits per heavy atom. The molecule has 1 saturated heterocycles. The maximum atomic E-state index is 13.4. The third-order valence-electron chi connectivity index (χ3n) is 2.34. The smallest absolute Gasteiger partial charge is 0.136 e. The van der Waals surface area contributed by atoms with Gasteiger partial charge in [0.2, 0.25) is 0 Å². The van der Waals surface area contributed by atoms with E-state index in [2.05, 4.69) is 0 Å². The van der Waals surface area contributed by atoms with Gasteiger partial charge in [0.15, 0.2) is 0 Å². The molecule has 0 aliphatic carbocycles. The summed E-state index contributed by atoms with van der Waals surface area (Å²) in [7, 11) is 1.38. The predicted molar refractivity (Wildman–Crippen MR) is 46.2 cm³/mol. The summed E-state index contributed by atoms with van der Waals surface area (Å²) in [6.07, 6.45) is 0. The van der Waals surface area contributed by atoms with E-state index < -0.39 is 17.2 Å². The summed E-state index contributed by atoms with van der Waals surface area (Å²) in [5, 5.41) is 0. The molecule has 1 fully saturated rings. The predicted octanol–water partition coefficient (Wildman–Crippen LogP) is 2.22. The van der Waals surface area contributed by atoms with Crippen LogP contribution in [0.1, 0.15) is 12.5 Å². The zero-order chi connectivity index (χ0) is 10.3. The van der Waals surface area contributed by atoms with E-state index in [4.69, 9.17) is 9.47 Å². The lowest BCUT2D eigenvalue weighted by atomic mass is 10.0. The van der Waals surface area contributed by atoms with Gasteiger partial charge in [-0.1, -0.05) is 0 Å². The molecule has 76 valence electrons. The van der Waals surface area contributed by atoms with Crippen LogP contribution in [0.5, 0.6) is 5.75 Å². The van der Waals surface area contributed by atoms with Gasteiger partial charge >= 0.3 is 0 Å². The fourth-order valence-corrected chi connectivity index (χ4v) is 1.48. The fraction of sp³-hybridized carbons (Fsp3) is 0.400. The molecule has 0 amide bonds. The van der Waals surface area contributed by atoms with Crippen molar-refractivity contribution in [1.29, 1.82) is 0 Å². The van der Waals surface area contributed by atoms with Crippen molar-refractivity contribution in [2.45, 2.75) is 12.5 Å². The van der Waals surface area contributed by atoms with Gasteiger partial charge in [-0.2, -0.15) is 0 Å². The molecule has 1 unspecified atom stereocenters. The van der Waals surface area contributed by atoms with Crippen molar-refractivity contribution in [3.63, 3.8) is 0 Å². The SMILES string of the molecule is COc1cc(F)cc(F)c1C1(C)CO1. The highest BCUT2D eigenvalue weighted by Crippen LogP contribution is 2.44. The molecule has 2 rings (SSSR count). The second-order valence-electron chi connectivity index (χ2n) is 3.48. The summed E-state index contributed by atoms with van der Waals surface area (Å²) in [6, 6.07) is 2.00. The lowest BCUT2D eigenvalue weighted by Crippen LogP contribution is -2.08. The third-order valence-corrected chi connectivity index (χ3v) is 2.34. The quantitative estimate of drug-likeness (QED) is 0.683. The van der Waals surface area contributed by atoms with E-state index >= 15 is 0 Å². The Balaban J connectivity index is 2.56. The normalized spacial score (nSPS) is 24.9. The van der Waals surface area contributed by atoms with Gasteiger partial charge in [0.1, 0.15) is 23.0 Å². The molecule has 1 heterocycles.